The van der Waals surface area contributed by atoms with Crippen LogP contribution in [0.4, 0.5) is 0 Å². The van der Waals surface area contributed by atoms with Crippen molar-refractivity contribution in [3.63, 3.8) is 0 Å². The van der Waals surface area contributed by atoms with Crippen LogP contribution in [0.3, 0.4) is 0 Å². The summed E-state index contributed by atoms with van der Waals surface area (Å²) in [4.78, 5) is 39.7. The number of β-amino-alcohol motifs (C(OH)–C–C–N with tert-alkyl or cyclic N) is 1. The lowest BCUT2D eigenvalue weighted by molar-refractivity contribution is -0.157. The van der Waals surface area contributed by atoms with E-state index in [0.29, 0.717) is 5.57 Å². The third-order valence-corrected chi connectivity index (χ3v) is 4.41. The highest BCUT2D eigenvalue weighted by Gasteiger charge is 2.50. The van der Waals surface area contributed by atoms with Gasteiger partial charge in [0.15, 0.2) is 0 Å². The third kappa shape index (κ3) is 2.38. The maximum Gasteiger partial charge on any atom is 0.250 e. The number of hydrogen-bond donors (Lipinski definition) is 3. The Kier molecular flexibility index (Phi) is 3.65. The molecule has 22 heavy (non-hydrogen) atoms. The molecule has 2 saturated heterocycles. The Hall–Kier alpha value is -1.93. The average molecular weight is 309 g/mol. The van der Waals surface area contributed by atoms with Crippen LogP contribution >= 0.6 is 0 Å². The van der Waals surface area contributed by atoms with E-state index in [9.17, 15) is 24.6 Å². The Morgan fingerprint density at radius 2 is 1.77 bits per heavy atom. The van der Waals surface area contributed by atoms with Gasteiger partial charge in [0.25, 0.3) is 0 Å². The number of carbonyl (C=O) groups is 3. The van der Waals surface area contributed by atoms with Crippen LogP contribution in [0.1, 0.15) is 19.8 Å². The summed E-state index contributed by atoms with van der Waals surface area (Å²) in [6.45, 7) is 1.72. The van der Waals surface area contributed by atoms with Crippen LogP contribution in [0.5, 0.6) is 0 Å². The molecule has 120 valence electrons. The second-order valence-corrected chi connectivity index (χ2v) is 6.07. The van der Waals surface area contributed by atoms with Crippen molar-refractivity contribution in [3.05, 3.63) is 11.8 Å². The van der Waals surface area contributed by atoms with Crippen molar-refractivity contribution in [2.24, 2.45) is 0 Å². The van der Waals surface area contributed by atoms with Crippen molar-refractivity contribution < 1.29 is 24.6 Å². The second-order valence-electron chi connectivity index (χ2n) is 6.07. The largest absolute Gasteiger partial charge is 0.391 e. The van der Waals surface area contributed by atoms with Crippen molar-refractivity contribution in [1.82, 2.24) is 15.1 Å². The van der Waals surface area contributed by atoms with Gasteiger partial charge in [-0.15, -0.1) is 0 Å². The molecule has 2 fully saturated rings. The van der Waals surface area contributed by atoms with Gasteiger partial charge in [0.1, 0.15) is 12.1 Å². The maximum absolute atomic E-state index is 12.6. The van der Waals surface area contributed by atoms with Crippen molar-refractivity contribution in [2.75, 3.05) is 13.1 Å². The first-order valence-corrected chi connectivity index (χ1v) is 7.34. The highest BCUT2D eigenvalue weighted by Crippen LogP contribution is 2.30. The van der Waals surface area contributed by atoms with Crippen LogP contribution in [-0.2, 0) is 14.4 Å². The topological polar surface area (TPSA) is 110 Å². The van der Waals surface area contributed by atoms with Gasteiger partial charge in [-0.2, -0.15) is 0 Å². The van der Waals surface area contributed by atoms with Gasteiger partial charge in [-0.3, -0.25) is 14.4 Å². The zero-order valence-electron chi connectivity index (χ0n) is 12.2. The molecule has 0 unspecified atom stereocenters. The van der Waals surface area contributed by atoms with E-state index in [1.165, 1.54) is 16.0 Å². The first kappa shape index (κ1) is 15.0. The summed E-state index contributed by atoms with van der Waals surface area (Å²) in [5.41, 5.74) is 0.298. The Labute approximate surface area is 127 Å². The van der Waals surface area contributed by atoms with Gasteiger partial charge in [0.2, 0.25) is 17.7 Å². The zero-order valence-corrected chi connectivity index (χ0v) is 12.2. The predicted molar refractivity (Wildman–Crippen MR) is 74.1 cm³/mol. The summed E-state index contributed by atoms with van der Waals surface area (Å²) in [6.07, 6.45) is -0.00904. The molecule has 0 aromatic heterocycles. The lowest BCUT2D eigenvalue weighted by Gasteiger charge is -2.41. The fraction of sp³-hybridized carbons (Fsp3) is 0.643. The summed E-state index contributed by atoms with van der Waals surface area (Å²) < 4.78 is 0. The highest BCUT2D eigenvalue weighted by molar-refractivity contribution is 5.99. The van der Waals surface area contributed by atoms with Crippen molar-refractivity contribution in [2.45, 2.75) is 44.1 Å². The molecule has 8 heteroatoms. The molecule has 3 aliphatic rings. The molecule has 3 aliphatic heterocycles. The van der Waals surface area contributed by atoms with Gasteiger partial charge in [-0.1, -0.05) is 0 Å². The number of piperazine rings is 1. The number of carbonyl (C=O) groups excluding carboxylic acids is 3. The molecular weight excluding hydrogens is 290 g/mol. The first-order valence-electron chi connectivity index (χ1n) is 7.34. The summed E-state index contributed by atoms with van der Waals surface area (Å²) >= 11 is 0. The van der Waals surface area contributed by atoms with Crippen LogP contribution < -0.4 is 5.32 Å². The molecule has 3 N–H and O–H groups in total. The van der Waals surface area contributed by atoms with E-state index in [0.717, 1.165) is 0 Å². The van der Waals surface area contributed by atoms with E-state index in [1.54, 1.807) is 6.92 Å². The number of hydrogen-bond acceptors (Lipinski definition) is 5. The molecule has 0 saturated carbocycles. The molecule has 8 nitrogen and oxygen atoms in total. The average Bonchev–Trinajstić information content (AvgIpc) is 2.88. The number of fused-ring (bicyclic) bond motifs is 2. The summed E-state index contributed by atoms with van der Waals surface area (Å²) in [5, 5.41) is 22.3. The van der Waals surface area contributed by atoms with E-state index in [4.69, 9.17) is 0 Å². The molecule has 0 spiro atoms. The Balaban J connectivity index is 1.99. The van der Waals surface area contributed by atoms with Gasteiger partial charge in [0.05, 0.1) is 12.2 Å². The number of amides is 3. The summed E-state index contributed by atoms with van der Waals surface area (Å²) in [7, 11) is 0. The number of aliphatic hydroxyl groups excluding tert-OH is 2. The Morgan fingerprint density at radius 3 is 2.50 bits per heavy atom. The van der Waals surface area contributed by atoms with Crippen LogP contribution in [-0.4, -0.2) is 75.1 Å². The van der Waals surface area contributed by atoms with Gasteiger partial charge in [-0.25, -0.2) is 0 Å². The predicted octanol–water partition coefficient (Wildman–Crippen LogP) is -2.06. The van der Waals surface area contributed by atoms with Gasteiger partial charge >= 0.3 is 0 Å². The molecule has 0 bridgehead atoms. The normalized spacial score (nSPS) is 36.0. The molecule has 0 aromatic rings. The molecule has 0 aromatic carbocycles. The van der Waals surface area contributed by atoms with Crippen LogP contribution in [0.2, 0.25) is 0 Å². The van der Waals surface area contributed by atoms with Gasteiger partial charge in [0, 0.05) is 37.7 Å². The quantitative estimate of drug-likeness (QED) is 0.477. The first-order chi connectivity index (χ1) is 10.4. The van der Waals surface area contributed by atoms with E-state index < -0.39 is 24.3 Å². The lowest BCUT2D eigenvalue weighted by atomic mass is 10.0. The zero-order chi connectivity index (χ0) is 16.0. The van der Waals surface area contributed by atoms with Crippen LogP contribution in [0, 0.1) is 0 Å². The second kappa shape index (κ2) is 5.36. The SMILES string of the molecule is CC1=CN2C(=O)[C@@H]3C[C@@H](O)CN3C(=O)[C@H]2C[C@@H](O)CNC1=O. The monoisotopic (exact) mass is 309 g/mol. The van der Waals surface area contributed by atoms with Gasteiger partial charge in [-0.05, 0) is 6.92 Å². The summed E-state index contributed by atoms with van der Waals surface area (Å²) in [6, 6.07) is -1.53. The van der Waals surface area contributed by atoms with Gasteiger partial charge < -0.3 is 25.3 Å². The standard InChI is InChI=1S/C14H19N3O5/c1-7-5-16-10(2-8(18)4-15-12(7)20)14(22)17-6-9(19)3-11(17)13(16)21/h5,8-11,18-19H,2-4,6H2,1H3,(H,15,20)/t8-,9-,10-,11+/m1/s1. The molecule has 3 rings (SSSR count). The number of aliphatic hydroxyl groups is 2. The van der Waals surface area contributed by atoms with E-state index >= 15 is 0 Å². The Bertz CT molecular complexity index is 561. The lowest BCUT2D eigenvalue weighted by Crippen LogP contribution is -2.61. The highest BCUT2D eigenvalue weighted by atomic mass is 16.3. The molecule has 0 radical (unpaired) electrons. The fourth-order valence-corrected chi connectivity index (χ4v) is 3.25. The minimum atomic E-state index is -0.920. The maximum atomic E-state index is 12.6. The fourth-order valence-electron chi connectivity index (χ4n) is 3.25. The van der Waals surface area contributed by atoms with Crippen molar-refractivity contribution >= 4 is 17.7 Å². The molecule has 0 aliphatic carbocycles. The molecule has 4 atom stereocenters. The van der Waals surface area contributed by atoms with Crippen LogP contribution in [0.25, 0.3) is 0 Å². The van der Waals surface area contributed by atoms with Crippen molar-refractivity contribution in [3.8, 4) is 0 Å². The summed E-state index contributed by atoms with van der Waals surface area (Å²) in [5.74, 6) is -0.991. The third-order valence-electron chi connectivity index (χ3n) is 4.41. The molecular formula is C14H19N3O5. The number of nitrogens with zero attached hydrogens (tertiary/aromatic N) is 2. The van der Waals surface area contributed by atoms with E-state index in [2.05, 4.69) is 5.32 Å². The molecule has 3 heterocycles. The van der Waals surface area contributed by atoms with Crippen LogP contribution in [0.15, 0.2) is 11.8 Å². The Morgan fingerprint density at radius 1 is 1.09 bits per heavy atom. The van der Waals surface area contributed by atoms with E-state index in [1.807, 2.05) is 0 Å². The molecule has 3 amide bonds. The smallest absolute Gasteiger partial charge is 0.250 e. The minimum Gasteiger partial charge on any atom is -0.391 e. The minimum absolute atomic E-state index is 0.0296. The number of nitrogens with one attached hydrogen (secondary N) is 1. The number of rotatable bonds is 0. The van der Waals surface area contributed by atoms with E-state index in [-0.39, 0.29) is 43.7 Å². The van der Waals surface area contributed by atoms with Crippen molar-refractivity contribution in [1.29, 1.82) is 0 Å².